The van der Waals surface area contributed by atoms with Crippen molar-refractivity contribution < 1.29 is 4.79 Å². The lowest BCUT2D eigenvalue weighted by Gasteiger charge is -2.21. The van der Waals surface area contributed by atoms with Crippen molar-refractivity contribution in [1.29, 1.82) is 0 Å². The van der Waals surface area contributed by atoms with Gasteiger partial charge in [-0.15, -0.1) is 11.3 Å². The van der Waals surface area contributed by atoms with Gasteiger partial charge in [-0.3, -0.25) is 9.48 Å². The summed E-state index contributed by atoms with van der Waals surface area (Å²) in [6, 6.07) is 0. The summed E-state index contributed by atoms with van der Waals surface area (Å²) in [6.45, 7) is 2.14. The SMILES string of the molecule is Cn1ncc2c1C[C@H](C(=O)Nc1ncc(C3CCNCC3)s1)CC2. The monoisotopic (exact) mass is 345 g/mol. The van der Waals surface area contributed by atoms with Crippen molar-refractivity contribution in [2.24, 2.45) is 13.0 Å². The summed E-state index contributed by atoms with van der Waals surface area (Å²) in [5, 5.41) is 11.5. The first kappa shape index (κ1) is 15.8. The van der Waals surface area contributed by atoms with Gasteiger partial charge in [-0.2, -0.15) is 5.10 Å². The minimum absolute atomic E-state index is 0.0131. The number of thiazole rings is 1. The molecule has 24 heavy (non-hydrogen) atoms. The summed E-state index contributed by atoms with van der Waals surface area (Å²) in [4.78, 5) is 18.3. The molecule has 2 aromatic heterocycles. The summed E-state index contributed by atoms with van der Waals surface area (Å²) >= 11 is 1.63. The molecule has 0 spiro atoms. The lowest BCUT2D eigenvalue weighted by atomic mass is 9.87. The molecule has 1 amide bonds. The normalized spacial score (nSPS) is 21.5. The van der Waals surface area contributed by atoms with E-state index in [1.807, 2.05) is 24.1 Å². The van der Waals surface area contributed by atoms with Gasteiger partial charge in [0.25, 0.3) is 0 Å². The molecule has 1 atom stereocenters. The lowest BCUT2D eigenvalue weighted by molar-refractivity contribution is -0.120. The maximum absolute atomic E-state index is 12.6. The molecule has 1 fully saturated rings. The highest BCUT2D eigenvalue weighted by Crippen LogP contribution is 2.32. The van der Waals surface area contributed by atoms with E-state index < -0.39 is 0 Å². The average molecular weight is 345 g/mol. The largest absolute Gasteiger partial charge is 0.317 e. The van der Waals surface area contributed by atoms with Crippen LogP contribution >= 0.6 is 11.3 Å². The van der Waals surface area contributed by atoms with Crippen LogP contribution in [0.15, 0.2) is 12.4 Å². The van der Waals surface area contributed by atoms with Crippen LogP contribution in [-0.2, 0) is 24.7 Å². The number of nitrogens with one attached hydrogen (secondary N) is 2. The van der Waals surface area contributed by atoms with Crippen LogP contribution in [0, 0.1) is 5.92 Å². The number of hydrogen-bond acceptors (Lipinski definition) is 5. The van der Waals surface area contributed by atoms with Crippen LogP contribution in [0.5, 0.6) is 0 Å². The second kappa shape index (κ2) is 6.64. The second-order valence-corrected chi connectivity index (χ2v) is 7.82. The Morgan fingerprint density at radius 1 is 1.33 bits per heavy atom. The molecular weight excluding hydrogens is 322 g/mol. The number of rotatable bonds is 3. The van der Waals surface area contributed by atoms with E-state index in [4.69, 9.17) is 0 Å². The number of carbonyl (C=O) groups is 1. The Balaban J connectivity index is 1.40. The van der Waals surface area contributed by atoms with Crippen molar-refractivity contribution in [3.8, 4) is 0 Å². The zero-order valence-corrected chi connectivity index (χ0v) is 14.7. The Morgan fingerprint density at radius 2 is 2.17 bits per heavy atom. The van der Waals surface area contributed by atoms with Crippen LogP contribution in [0.4, 0.5) is 5.13 Å². The molecule has 0 saturated carbocycles. The van der Waals surface area contributed by atoms with E-state index in [2.05, 4.69) is 20.7 Å². The second-order valence-electron chi connectivity index (χ2n) is 6.76. The number of anilines is 1. The molecule has 1 aliphatic carbocycles. The first-order valence-electron chi connectivity index (χ1n) is 8.68. The van der Waals surface area contributed by atoms with Crippen molar-refractivity contribution in [3.63, 3.8) is 0 Å². The fraction of sp³-hybridized carbons (Fsp3) is 0.588. The molecule has 7 heteroatoms. The standard InChI is InChI=1S/C17H23N5OS/c1-22-14-8-12(2-3-13(14)9-20-22)16(23)21-17-19-10-15(24-17)11-4-6-18-7-5-11/h9-12,18H,2-8H2,1H3,(H,19,21,23)/t12-/m1/s1. The highest BCUT2D eigenvalue weighted by Gasteiger charge is 2.27. The van der Waals surface area contributed by atoms with Gasteiger partial charge in [-0.25, -0.2) is 4.98 Å². The van der Waals surface area contributed by atoms with Crippen LogP contribution in [-0.4, -0.2) is 33.8 Å². The lowest BCUT2D eigenvalue weighted by Crippen LogP contribution is -2.28. The number of aryl methyl sites for hydroxylation is 2. The number of fused-ring (bicyclic) bond motifs is 1. The highest BCUT2D eigenvalue weighted by atomic mass is 32.1. The molecule has 0 aromatic carbocycles. The Bertz CT molecular complexity index is 731. The van der Waals surface area contributed by atoms with Crippen LogP contribution in [0.25, 0.3) is 0 Å². The summed E-state index contributed by atoms with van der Waals surface area (Å²) in [6.07, 6.45) is 8.76. The van der Waals surface area contributed by atoms with Gasteiger partial charge in [0.15, 0.2) is 5.13 Å². The predicted octanol–water partition coefficient (Wildman–Crippen LogP) is 2.09. The minimum atomic E-state index is 0.0131. The molecule has 6 nitrogen and oxygen atoms in total. The number of piperidine rings is 1. The highest BCUT2D eigenvalue weighted by molar-refractivity contribution is 7.15. The Labute approximate surface area is 145 Å². The summed E-state index contributed by atoms with van der Waals surface area (Å²) < 4.78 is 1.90. The van der Waals surface area contributed by atoms with E-state index in [-0.39, 0.29) is 11.8 Å². The minimum Gasteiger partial charge on any atom is -0.317 e. The fourth-order valence-corrected chi connectivity index (χ4v) is 4.70. The topological polar surface area (TPSA) is 71.8 Å². The predicted molar refractivity (Wildman–Crippen MR) is 94.3 cm³/mol. The Kier molecular flexibility index (Phi) is 4.37. The smallest absolute Gasteiger partial charge is 0.229 e. The third kappa shape index (κ3) is 3.10. The molecule has 4 rings (SSSR count). The first-order valence-corrected chi connectivity index (χ1v) is 9.49. The van der Waals surface area contributed by atoms with Gasteiger partial charge in [0.2, 0.25) is 5.91 Å². The Hall–Kier alpha value is -1.73. The van der Waals surface area contributed by atoms with E-state index in [0.717, 1.165) is 50.3 Å². The molecular formula is C17H23N5OS. The molecule has 128 valence electrons. The average Bonchev–Trinajstić information content (AvgIpc) is 3.23. The quantitative estimate of drug-likeness (QED) is 0.893. The third-order valence-electron chi connectivity index (χ3n) is 5.22. The zero-order chi connectivity index (χ0) is 16.5. The number of carbonyl (C=O) groups excluding carboxylic acids is 1. The molecule has 0 bridgehead atoms. The van der Waals surface area contributed by atoms with E-state index in [0.29, 0.717) is 5.92 Å². The summed E-state index contributed by atoms with van der Waals surface area (Å²) in [5.74, 6) is 0.688. The van der Waals surface area contributed by atoms with Gasteiger partial charge in [0, 0.05) is 36.2 Å². The van der Waals surface area contributed by atoms with Crippen LogP contribution in [0.1, 0.15) is 41.3 Å². The van der Waals surface area contributed by atoms with E-state index >= 15 is 0 Å². The molecule has 1 aliphatic heterocycles. The van der Waals surface area contributed by atoms with Crippen molar-refractivity contribution in [2.75, 3.05) is 18.4 Å². The van der Waals surface area contributed by atoms with E-state index in [9.17, 15) is 4.79 Å². The molecule has 3 heterocycles. The molecule has 2 aromatic rings. The third-order valence-corrected chi connectivity index (χ3v) is 6.29. The number of hydrogen-bond donors (Lipinski definition) is 2. The van der Waals surface area contributed by atoms with Crippen molar-refractivity contribution in [3.05, 3.63) is 28.5 Å². The van der Waals surface area contributed by atoms with Crippen molar-refractivity contribution in [2.45, 2.75) is 38.0 Å². The van der Waals surface area contributed by atoms with Gasteiger partial charge >= 0.3 is 0 Å². The van der Waals surface area contributed by atoms with Gasteiger partial charge in [-0.05, 0) is 50.3 Å². The zero-order valence-electron chi connectivity index (χ0n) is 13.9. The maximum atomic E-state index is 12.6. The van der Waals surface area contributed by atoms with Crippen LogP contribution < -0.4 is 10.6 Å². The van der Waals surface area contributed by atoms with Crippen LogP contribution in [0.2, 0.25) is 0 Å². The molecule has 1 saturated heterocycles. The number of amides is 1. The number of aromatic nitrogens is 3. The van der Waals surface area contributed by atoms with Gasteiger partial charge < -0.3 is 10.6 Å². The van der Waals surface area contributed by atoms with Crippen molar-refractivity contribution in [1.82, 2.24) is 20.1 Å². The van der Waals surface area contributed by atoms with E-state index in [1.165, 1.54) is 16.1 Å². The van der Waals surface area contributed by atoms with Crippen LogP contribution in [0.3, 0.4) is 0 Å². The van der Waals surface area contributed by atoms with Gasteiger partial charge in [0.1, 0.15) is 0 Å². The Morgan fingerprint density at radius 3 is 3.00 bits per heavy atom. The molecule has 2 N–H and O–H groups in total. The molecule has 0 radical (unpaired) electrons. The maximum Gasteiger partial charge on any atom is 0.229 e. The molecule has 2 aliphatic rings. The summed E-state index contributed by atoms with van der Waals surface area (Å²) in [5.41, 5.74) is 2.47. The van der Waals surface area contributed by atoms with Gasteiger partial charge in [-0.1, -0.05) is 0 Å². The number of nitrogens with zero attached hydrogens (tertiary/aromatic N) is 3. The van der Waals surface area contributed by atoms with Crippen molar-refractivity contribution >= 4 is 22.4 Å². The molecule has 0 unspecified atom stereocenters. The van der Waals surface area contributed by atoms with E-state index in [1.54, 1.807) is 11.3 Å². The summed E-state index contributed by atoms with van der Waals surface area (Å²) in [7, 11) is 1.95. The first-order chi connectivity index (χ1) is 11.7. The fourth-order valence-electron chi connectivity index (χ4n) is 3.72. The van der Waals surface area contributed by atoms with Gasteiger partial charge in [0.05, 0.1) is 6.20 Å².